The summed E-state index contributed by atoms with van der Waals surface area (Å²) in [7, 11) is 0. The molecule has 8 aromatic carbocycles. The SMILES string of the molecule is c1ccc(-c2ccc3c(c2)c2ccc4c5ccccc5oc4c2n3-c2ccc(-c3ccc(-n4c5ccccc5c5ccccc54)cc3)cc2)cc1. The van der Waals surface area contributed by atoms with Gasteiger partial charge in [0.2, 0.25) is 0 Å². The standard InChI is InChI=1S/C48H30N2O/c1-2-10-31(11-3-1)34-22-29-45-42(30-34)40-27-28-41-39-14-6-9-17-46(39)51-48(41)47(40)50(45)36-25-20-33(21-26-36)32-18-23-35(24-19-32)49-43-15-7-4-12-37(43)38-13-5-8-16-44(38)49/h1-30H. The first-order chi connectivity index (χ1) is 25.3. The highest BCUT2D eigenvalue weighted by atomic mass is 16.3. The molecule has 3 heteroatoms. The fraction of sp³-hybridized carbons (Fsp3) is 0. The van der Waals surface area contributed by atoms with Crippen molar-refractivity contribution in [1.82, 2.24) is 9.13 Å². The van der Waals surface area contributed by atoms with Gasteiger partial charge in [-0.1, -0.05) is 121 Å². The number of fused-ring (bicyclic) bond motifs is 10. The van der Waals surface area contributed by atoms with Gasteiger partial charge in [-0.05, 0) is 82.9 Å². The van der Waals surface area contributed by atoms with E-state index in [9.17, 15) is 0 Å². The first-order valence-corrected chi connectivity index (χ1v) is 17.4. The Bertz CT molecular complexity index is 3050. The van der Waals surface area contributed by atoms with Crippen molar-refractivity contribution < 1.29 is 4.42 Å². The van der Waals surface area contributed by atoms with E-state index in [0.29, 0.717) is 0 Å². The second-order valence-corrected chi connectivity index (χ2v) is 13.3. The Balaban J connectivity index is 1.05. The first-order valence-electron chi connectivity index (χ1n) is 17.4. The van der Waals surface area contributed by atoms with E-state index >= 15 is 0 Å². The molecule has 51 heavy (non-hydrogen) atoms. The van der Waals surface area contributed by atoms with E-state index in [2.05, 4.69) is 185 Å². The maximum atomic E-state index is 6.64. The van der Waals surface area contributed by atoms with Crippen molar-refractivity contribution in [2.24, 2.45) is 0 Å². The molecule has 0 atom stereocenters. The van der Waals surface area contributed by atoms with Crippen LogP contribution in [0.5, 0.6) is 0 Å². The molecule has 0 saturated heterocycles. The summed E-state index contributed by atoms with van der Waals surface area (Å²) in [5.41, 5.74) is 13.5. The van der Waals surface area contributed by atoms with Gasteiger partial charge in [-0.2, -0.15) is 0 Å². The van der Waals surface area contributed by atoms with Gasteiger partial charge in [-0.25, -0.2) is 0 Å². The topological polar surface area (TPSA) is 23.0 Å². The molecule has 0 saturated carbocycles. The fourth-order valence-corrected chi connectivity index (χ4v) is 8.17. The van der Waals surface area contributed by atoms with Crippen LogP contribution in [0.1, 0.15) is 0 Å². The van der Waals surface area contributed by atoms with Gasteiger partial charge in [0.25, 0.3) is 0 Å². The lowest BCUT2D eigenvalue weighted by molar-refractivity contribution is 0.671. The second-order valence-electron chi connectivity index (χ2n) is 13.3. The number of furan rings is 1. The largest absolute Gasteiger partial charge is 0.454 e. The third-order valence-electron chi connectivity index (χ3n) is 10.5. The molecule has 0 aliphatic rings. The van der Waals surface area contributed by atoms with Gasteiger partial charge in [0.05, 0.1) is 22.1 Å². The molecule has 0 radical (unpaired) electrons. The van der Waals surface area contributed by atoms with Crippen LogP contribution < -0.4 is 0 Å². The molecule has 3 nitrogen and oxygen atoms in total. The molecule has 0 amide bonds. The normalized spacial score (nSPS) is 11.9. The molecule has 0 unspecified atom stereocenters. The number of benzene rings is 8. The third-order valence-corrected chi connectivity index (χ3v) is 10.5. The van der Waals surface area contributed by atoms with Gasteiger partial charge in [0, 0.05) is 43.7 Å². The summed E-state index contributed by atoms with van der Waals surface area (Å²) >= 11 is 0. The Hall–Kier alpha value is -6.84. The minimum absolute atomic E-state index is 0.904. The zero-order chi connectivity index (χ0) is 33.5. The van der Waals surface area contributed by atoms with E-state index < -0.39 is 0 Å². The Labute approximate surface area is 293 Å². The van der Waals surface area contributed by atoms with Crippen LogP contribution in [0.25, 0.3) is 99.2 Å². The number of hydrogen-bond acceptors (Lipinski definition) is 1. The molecule has 0 aliphatic carbocycles. The van der Waals surface area contributed by atoms with Crippen LogP contribution in [0.4, 0.5) is 0 Å². The summed E-state index contributed by atoms with van der Waals surface area (Å²) in [4.78, 5) is 0. The average molecular weight is 651 g/mol. The molecule has 11 aromatic rings. The average Bonchev–Trinajstić information content (AvgIpc) is 3.86. The number of rotatable bonds is 4. The Morgan fingerprint density at radius 2 is 0.824 bits per heavy atom. The molecule has 11 rings (SSSR count). The Morgan fingerprint density at radius 1 is 0.314 bits per heavy atom. The summed E-state index contributed by atoms with van der Waals surface area (Å²) in [5.74, 6) is 0. The summed E-state index contributed by atoms with van der Waals surface area (Å²) in [5, 5.41) is 7.20. The van der Waals surface area contributed by atoms with Gasteiger partial charge in [0.15, 0.2) is 5.58 Å². The van der Waals surface area contributed by atoms with Crippen LogP contribution in [0.3, 0.4) is 0 Å². The molecule has 3 aromatic heterocycles. The van der Waals surface area contributed by atoms with Crippen LogP contribution in [0.15, 0.2) is 186 Å². The van der Waals surface area contributed by atoms with Gasteiger partial charge >= 0.3 is 0 Å². The maximum Gasteiger partial charge on any atom is 0.160 e. The van der Waals surface area contributed by atoms with Crippen LogP contribution in [0.2, 0.25) is 0 Å². The van der Waals surface area contributed by atoms with Crippen molar-refractivity contribution in [3.63, 3.8) is 0 Å². The van der Waals surface area contributed by atoms with E-state index in [-0.39, 0.29) is 0 Å². The molecular formula is C48H30N2O. The van der Waals surface area contributed by atoms with Gasteiger partial charge in [-0.3, -0.25) is 0 Å². The summed E-state index contributed by atoms with van der Waals surface area (Å²) in [6.45, 7) is 0. The van der Waals surface area contributed by atoms with Crippen LogP contribution >= 0.6 is 0 Å². The third kappa shape index (κ3) is 4.19. The first kappa shape index (κ1) is 28.0. The highest BCUT2D eigenvalue weighted by Crippen LogP contribution is 2.42. The number of hydrogen-bond donors (Lipinski definition) is 0. The highest BCUT2D eigenvalue weighted by molar-refractivity contribution is 6.22. The van der Waals surface area contributed by atoms with Crippen molar-refractivity contribution >= 4 is 65.6 Å². The highest BCUT2D eigenvalue weighted by Gasteiger charge is 2.20. The van der Waals surface area contributed by atoms with E-state index in [0.717, 1.165) is 44.3 Å². The lowest BCUT2D eigenvalue weighted by Gasteiger charge is -2.11. The zero-order valence-corrected chi connectivity index (χ0v) is 27.6. The lowest BCUT2D eigenvalue weighted by atomic mass is 10.0. The van der Waals surface area contributed by atoms with Gasteiger partial charge < -0.3 is 13.6 Å². The fourth-order valence-electron chi connectivity index (χ4n) is 8.17. The van der Waals surface area contributed by atoms with Crippen molar-refractivity contribution in [2.75, 3.05) is 0 Å². The van der Waals surface area contributed by atoms with E-state index in [1.807, 2.05) is 6.07 Å². The summed E-state index contributed by atoms with van der Waals surface area (Å²) < 4.78 is 11.4. The number of aromatic nitrogens is 2. The van der Waals surface area contributed by atoms with Crippen molar-refractivity contribution in [3.05, 3.63) is 182 Å². The Kier molecular flexibility index (Phi) is 5.96. The van der Waals surface area contributed by atoms with Crippen molar-refractivity contribution in [1.29, 1.82) is 0 Å². The molecule has 0 bridgehead atoms. The molecule has 0 spiro atoms. The molecular weight excluding hydrogens is 621 g/mol. The van der Waals surface area contributed by atoms with E-state index in [1.165, 1.54) is 54.8 Å². The summed E-state index contributed by atoms with van der Waals surface area (Å²) in [6.07, 6.45) is 0. The minimum Gasteiger partial charge on any atom is -0.454 e. The molecule has 0 aliphatic heterocycles. The maximum absolute atomic E-state index is 6.64. The predicted octanol–water partition coefficient (Wildman–Crippen LogP) is 13.1. The predicted molar refractivity (Wildman–Crippen MR) is 213 cm³/mol. The van der Waals surface area contributed by atoms with E-state index in [4.69, 9.17) is 4.42 Å². The van der Waals surface area contributed by atoms with E-state index in [1.54, 1.807) is 0 Å². The van der Waals surface area contributed by atoms with Crippen LogP contribution in [0, 0.1) is 0 Å². The number of para-hydroxylation sites is 3. The summed E-state index contributed by atoms with van der Waals surface area (Å²) in [6, 6.07) is 65.4. The van der Waals surface area contributed by atoms with Crippen LogP contribution in [-0.4, -0.2) is 9.13 Å². The van der Waals surface area contributed by atoms with Crippen molar-refractivity contribution in [2.45, 2.75) is 0 Å². The molecule has 0 fully saturated rings. The minimum atomic E-state index is 0.904. The zero-order valence-electron chi connectivity index (χ0n) is 27.6. The Morgan fingerprint density at radius 3 is 1.51 bits per heavy atom. The molecule has 0 N–H and O–H groups in total. The quantitative estimate of drug-likeness (QED) is 0.186. The lowest BCUT2D eigenvalue weighted by Crippen LogP contribution is -1.95. The van der Waals surface area contributed by atoms with Gasteiger partial charge in [0.1, 0.15) is 5.58 Å². The van der Waals surface area contributed by atoms with Gasteiger partial charge in [-0.15, -0.1) is 0 Å². The monoisotopic (exact) mass is 650 g/mol. The van der Waals surface area contributed by atoms with Crippen molar-refractivity contribution in [3.8, 4) is 33.6 Å². The van der Waals surface area contributed by atoms with Crippen LogP contribution in [-0.2, 0) is 0 Å². The number of nitrogens with zero attached hydrogens (tertiary/aromatic N) is 2. The molecule has 238 valence electrons. The molecule has 3 heterocycles. The second kappa shape index (κ2) is 10.8. The smallest absolute Gasteiger partial charge is 0.160 e.